The predicted octanol–water partition coefficient (Wildman–Crippen LogP) is 4.15. The Morgan fingerprint density at radius 2 is 2.00 bits per heavy atom. The highest BCUT2D eigenvalue weighted by Gasteiger charge is 2.45. The van der Waals surface area contributed by atoms with Crippen molar-refractivity contribution in [2.45, 2.75) is 19.9 Å². The Kier molecular flexibility index (Phi) is 3.85. The Labute approximate surface area is 168 Å². The van der Waals surface area contributed by atoms with Gasteiger partial charge in [0.2, 0.25) is 5.76 Å². The van der Waals surface area contributed by atoms with Gasteiger partial charge in [-0.1, -0.05) is 6.07 Å². The van der Waals surface area contributed by atoms with Crippen molar-refractivity contribution in [1.82, 2.24) is 9.97 Å². The van der Waals surface area contributed by atoms with Gasteiger partial charge in [0.05, 0.1) is 22.3 Å². The van der Waals surface area contributed by atoms with Crippen molar-refractivity contribution in [3.8, 4) is 0 Å². The molecule has 0 spiro atoms. The van der Waals surface area contributed by atoms with Crippen LogP contribution in [0.3, 0.4) is 0 Å². The highest BCUT2D eigenvalue weighted by Crippen LogP contribution is 2.42. The first-order chi connectivity index (χ1) is 14.0. The van der Waals surface area contributed by atoms with Gasteiger partial charge in [-0.25, -0.2) is 9.37 Å². The van der Waals surface area contributed by atoms with E-state index in [1.165, 1.54) is 28.4 Å². The number of anilines is 1. The third-order valence-electron chi connectivity index (χ3n) is 5.02. The third-order valence-corrected chi connectivity index (χ3v) is 6.10. The van der Waals surface area contributed by atoms with Crippen molar-refractivity contribution < 1.29 is 13.6 Å². The summed E-state index contributed by atoms with van der Waals surface area (Å²) in [5.74, 6) is -1.07. The monoisotopic (exact) mass is 407 g/mol. The molecule has 6 nitrogen and oxygen atoms in total. The van der Waals surface area contributed by atoms with Gasteiger partial charge in [-0.2, -0.15) is 0 Å². The molecule has 0 radical (unpaired) electrons. The molecule has 0 saturated heterocycles. The Hall–Kier alpha value is -3.39. The van der Waals surface area contributed by atoms with E-state index in [9.17, 15) is 14.0 Å². The fourth-order valence-corrected chi connectivity index (χ4v) is 4.46. The lowest BCUT2D eigenvalue weighted by Crippen LogP contribution is -2.30. The summed E-state index contributed by atoms with van der Waals surface area (Å²) in [5, 5.41) is 0.549. The van der Waals surface area contributed by atoms with Crippen LogP contribution >= 0.6 is 11.3 Å². The molecule has 29 heavy (non-hydrogen) atoms. The maximum absolute atomic E-state index is 13.8. The minimum absolute atomic E-state index is 0.0599. The summed E-state index contributed by atoms with van der Waals surface area (Å²) in [4.78, 5) is 37.9. The number of carbonyl (C=O) groups is 1. The Bertz CT molecular complexity index is 1330. The summed E-state index contributed by atoms with van der Waals surface area (Å²) in [6, 6.07) is 8.15. The number of benzene rings is 1. The number of fused-ring (bicyclic) bond motifs is 2. The summed E-state index contributed by atoms with van der Waals surface area (Å²) in [7, 11) is 0. The molecule has 0 saturated carbocycles. The number of hydrogen-bond acceptors (Lipinski definition) is 6. The van der Waals surface area contributed by atoms with Crippen LogP contribution in [0.5, 0.6) is 0 Å². The molecule has 1 unspecified atom stereocenters. The fraction of sp³-hybridized carbons (Fsp3) is 0.143. The van der Waals surface area contributed by atoms with Crippen LogP contribution in [0.25, 0.3) is 11.0 Å². The molecule has 144 valence electrons. The number of halogens is 1. The van der Waals surface area contributed by atoms with Gasteiger partial charge in [0.15, 0.2) is 10.6 Å². The van der Waals surface area contributed by atoms with Crippen LogP contribution in [0.1, 0.15) is 38.4 Å². The fourth-order valence-electron chi connectivity index (χ4n) is 3.52. The molecule has 4 heterocycles. The van der Waals surface area contributed by atoms with Crippen molar-refractivity contribution in [1.29, 1.82) is 0 Å². The lowest BCUT2D eigenvalue weighted by atomic mass is 10.0. The molecule has 0 fully saturated rings. The lowest BCUT2D eigenvalue weighted by Gasteiger charge is -2.21. The zero-order valence-electron chi connectivity index (χ0n) is 15.5. The van der Waals surface area contributed by atoms with Crippen LogP contribution < -0.4 is 10.3 Å². The number of nitrogens with zero attached hydrogens (tertiary/aromatic N) is 3. The molecular weight excluding hydrogens is 393 g/mol. The molecule has 1 aliphatic heterocycles. The highest BCUT2D eigenvalue weighted by molar-refractivity contribution is 7.15. The molecule has 0 N–H and O–H groups in total. The van der Waals surface area contributed by atoms with E-state index in [1.807, 2.05) is 13.8 Å². The van der Waals surface area contributed by atoms with Crippen molar-refractivity contribution in [3.05, 3.63) is 86.2 Å². The Balaban J connectivity index is 1.83. The van der Waals surface area contributed by atoms with E-state index in [-0.39, 0.29) is 22.3 Å². The van der Waals surface area contributed by atoms with Gasteiger partial charge < -0.3 is 4.42 Å². The maximum Gasteiger partial charge on any atom is 0.297 e. The van der Waals surface area contributed by atoms with Crippen LogP contribution in [0.15, 0.2) is 51.8 Å². The average Bonchev–Trinajstić information content (AvgIpc) is 3.20. The molecule has 1 amide bonds. The van der Waals surface area contributed by atoms with E-state index in [2.05, 4.69) is 9.97 Å². The van der Waals surface area contributed by atoms with Crippen LogP contribution in [0.2, 0.25) is 0 Å². The average molecular weight is 407 g/mol. The maximum atomic E-state index is 13.8. The van der Waals surface area contributed by atoms with Gasteiger partial charge in [-0.15, -0.1) is 11.3 Å². The molecule has 3 aromatic heterocycles. The smallest absolute Gasteiger partial charge is 0.297 e. The van der Waals surface area contributed by atoms with Crippen LogP contribution in [-0.4, -0.2) is 15.9 Å². The zero-order chi connectivity index (χ0) is 20.3. The van der Waals surface area contributed by atoms with Crippen molar-refractivity contribution >= 4 is 33.3 Å². The standard InChI is InChI=1S/C21H14FN3O3S/c1-10-11(2)29-21(24-10)25-17(14-5-3-4-8-23-14)16-18(26)13-9-12(22)6-7-15(13)28-19(16)20(25)27/h3-9,17H,1-2H3. The molecule has 1 aliphatic rings. The zero-order valence-corrected chi connectivity index (χ0v) is 16.3. The molecule has 1 aromatic carbocycles. The predicted molar refractivity (Wildman–Crippen MR) is 107 cm³/mol. The number of carbonyl (C=O) groups excluding carboxylic acids is 1. The normalized spacial score (nSPS) is 15.9. The van der Waals surface area contributed by atoms with Crippen molar-refractivity contribution in [2.24, 2.45) is 0 Å². The Morgan fingerprint density at radius 1 is 1.17 bits per heavy atom. The van der Waals surface area contributed by atoms with Crippen LogP contribution in [0, 0.1) is 19.7 Å². The molecule has 0 aliphatic carbocycles. The van der Waals surface area contributed by atoms with Crippen molar-refractivity contribution in [2.75, 3.05) is 4.90 Å². The second-order valence-corrected chi connectivity index (χ2v) is 7.97. The first-order valence-electron chi connectivity index (χ1n) is 8.90. The quantitative estimate of drug-likeness (QED) is 0.499. The summed E-state index contributed by atoms with van der Waals surface area (Å²) in [5.41, 5.74) is 1.18. The van der Waals surface area contributed by atoms with Gasteiger partial charge in [-0.05, 0) is 44.2 Å². The molecule has 8 heteroatoms. The second kappa shape index (κ2) is 6.31. The summed E-state index contributed by atoms with van der Waals surface area (Å²) in [6.45, 7) is 3.78. The number of hydrogen-bond donors (Lipinski definition) is 0. The molecule has 1 atom stereocenters. The lowest BCUT2D eigenvalue weighted by molar-refractivity contribution is 0.0970. The van der Waals surface area contributed by atoms with E-state index in [0.29, 0.717) is 10.8 Å². The van der Waals surface area contributed by atoms with Crippen molar-refractivity contribution in [3.63, 3.8) is 0 Å². The molecule has 4 aromatic rings. The highest BCUT2D eigenvalue weighted by atomic mass is 32.1. The van der Waals surface area contributed by atoms with Gasteiger partial charge >= 0.3 is 0 Å². The van der Waals surface area contributed by atoms with Gasteiger partial charge in [0, 0.05) is 11.1 Å². The van der Waals surface area contributed by atoms with Crippen LogP contribution in [-0.2, 0) is 0 Å². The molecule has 5 rings (SSSR count). The van der Waals surface area contributed by atoms with E-state index in [0.717, 1.165) is 16.6 Å². The number of aryl methyl sites for hydroxylation is 2. The number of amides is 1. The van der Waals surface area contributed by atoms with E-state index in [4.69, 9.17) is 4.42 Å². The van der Waals surface area contributed by atoms with E-state index in [1.54, 1.807) is 24.4 Å². The largest absolute Gasteiger partial charge is 0.450 e. The minimum Gasteiger partial charge on any atom is -0.450 e. The van der Waals surface area contributed by atoms with E-state index < -0.39 is 23.2 Å². The summed E-state index contributed by atoms with van der Waals surface area (Å²) >= 11 is 1.36. The molecular formula is C21H14FN3O3S. The number of rotatable bonds is 2. The third kappa shape index (κ3) is 2.60. The number of aromatic nitrogens is 2. The van der Waals surface area contributed by atoms with Gasteiger partial charge in [0.25, 0.3) is 5.91 Å². The number of thiazole rings is 1. The first-order valence-corrected chi connectivity index (χ1v) is 9.72. The first kappa shape index (κ1) is 17.7. The van der Waals surface area contributed by atoms with Gasteiger partial charge in [0.1, 0.15) is 17.4 Å². The van der Waals surface area contributed by atoms with E-state index >= 15 is 0 Å². The SMILES string of the molecule is Cc1nc(N2C(=O)c3oc4ccc(F)cc4c(=O)c3C2c2ccccn2)sc1C. The summed E-state index contributed by atoms with van der Waals surface area (Å²) < 4.78 is 19.6. The Morgan fingerprint density at radius 3 is 2.69 bits per heavy atom. The van der Waals surface area contributed by atoms with Crippen LogP contribution in [0.4, 0.5) is 9.52 Å². The minimum atomic E-state index is -0.799. The topological polar surface area (TPSA) is 76.3 Å². The number of pyridine rings is 1. The summed E-state index contributed by atoms with van der Waals surface area (Å²) in [6.07, 6.45) is 1.59. The second-order valence-electron chi connectivity index (χ2n) is 6.78. The van der Waals surface area contributed by atoms with Gasteiger partial charge in [-0.3, -0.25) is 19.5 Å². The molecule has 0 bridgehead atoms.